The van der Waals surface area contributed by atoms with Crippen molar-refractivity contribution in [2.45, 2.75) is 25.8 Å². The second-order valence-electron chi connectivity index (χ2n) is 5.26. The maximum Gasteiger partial charge on any atom is 0.150 e. The highest BCUT2D eigenvalue weighted by Gasteiger charge is 2.22. The van der Waals surface area contributed by atoms with E-state index in [0.717, 1.165) is 30.3 Å². The summed E-state index contributed by atoms with van der Waals surface area (Å²) in [5.74, 6) is 0.887. The second kappa shape index (κ2) is 7.00. The first kappa shape index (κ1) is 15.9. The smallest absolute Gasteiger partial charge is 0.150 e. The molecule has 0 radical (unpaired) electrons. The van der Waals surface area contributed by atoms with E-state index in [4.69, 9.17) is 0 Å². The summed E-state index contributed by atoms with van der Waals surface area (Å²) in [6.45, 7) is 1.27. The minimum atomic E-state index is -2.78. The van der Waals surface area contributed by atoms with E-state index < -0.39 is 9.84 Å². The first-order valence-corrected chi connectivity index (χ1v) is 9.43. The number of sulfone groups is 1. The fraction of sp³-hybridized carbons (Fsp3) is 0.571. The van der Waals surface area contributed by atoms with Gasteiger partial charge < -0.3 is 5.32 Å². The van der Waals surface area contributed by atoms with E-state index in [1.54, 1.807) is 6.07 Å². The van der Waals surface area contributed by atoms with Crippen LogP contribution in [0.5, 0.6) is 0 Å². The molecular weight excluding hydrogens is 345 g/mol. The Morgan fingerprint density at radius 1 is 1.30 bits per heavy atom. The predicted octanol–water partition coefficient (Wildman–Crippen LogP) is 2.89. The average Bonchev–Trinajstić information content (AvgIpc) is 2.39. The van der Waals surface area contributed by atoms with Crippen LogP contribution in [0.25, 0.3) is 0 Å². The zero-order valence-electron chi connectivity index (χ0n) is 11.2. The third-order valence-corrected chi connectivity index (χ3v) is 6.23. The summed E-state index contributed by atoms with van der Waals surface area (Å²) < 4.78 is 37.0. The van der Waals surface area contributed by atoms with Crippen LogP contribution in [-0.2, 0) is 16.4 Å². The zero-order valence-corrected chi connectivity index (χ0v) is 13.6. The third kappa shape index (κ3) is 4.53. The summed E-state index contributed by atoms with van der Waals surface area (Å²) in [5, 5.41) is 3.23. The quantitative estimate of drug-likeness (QED) is 0.818. The van der Waals surface area contributed by atoms with E-state index in [9.17, 15) is 12.8 Å². The molecule has 0 bridgehead atoms. The Hall–Kier alpha value is -0.460. The van der Waals surface area contributed by atoms with Crippen molar-refractivity contribution >= 4 is 25.8 Å². The Labute approximate surface area is 128 Å². The van der Waals surface area contributed by atoms with E-state index in [0.29, 0.717) is 29.5 Å². The molecule has 1 fully saturated rings. The molecule has 2 rings (SSSR count). The summed E-state index contributed by atoms with van der Waals surface area (Å²) in [6, 6.07) is 4.95. The van der Waals surface area contributed by atoms with E-state index in [1.165, 1.54) is 6.07 Å². The minimum Gasteiger partial charge on any atom is -0.313 e. The largest absolute Gasteiger partial charge is 0.313 e. The lowest BCUT2D eigenvalue weighted by atomic mass is 9.99. The van der Waals surface area contributed by atoms with Gasteiger partial charge in [0.15, 0.2) is 0 Å². The van der Waals surface area contributed by atoms with Crippen molar-refractivity contribution in [3.05, 3.63) is 34.1 Å². The molecule has 0 atom stereocenters. The summed E-state index contributed by atoms with van der Waals surface area (Å²) >= 11 is 3.34. The first-order valence-electron chi connectivity index (χ1n) is 6.82. The number of hydrogen-bond acceptors (Lipinski definition) is 3. The fourth-order valence-electron chi connectivity index (χ4n) is 2.45. The van der Waals surface area contributed by atoms with Crippen LogP contribution in [0.4, 0.5) is 4.39 Å². The molecule has 20 heavy (non-hydrogen) atoms. The molecule has 112 valence electrons. The molecule has 1 aromatic carbocycles. The molecule has 3 nitrogen and oxygen atoms in total. The van der Waals surface area contributed by atoms with Crippen LogP contribution in [0.3, 0.4) is 0 Å². The van der Waals surface area contributed by atoms with Crippen molar-refractivity contribution in [1.29, 1.82) is 0 Å². The highest BCUT2D eigenvalue weighted by atomic mass is 79.9. The number of benzene rings is 1. The van der Waals surface area contributed by atoms with Gasteiger partial charge in [-0.25, -0.2) is 12.8 Å². The van der Waals surface area contributed by atoms with E-state index in [-0.39, 0.29) is 5.82 Å². The van der Waals surface area contributed by atoms with Gasteiger partial charge in [0.05, 0.1) is 11.5 Å². The van der Waals surface area contributed by atoms with E-state index in [2.05, 4.69) is 21.2 Å². The fourth-order valence-corrected chi connectivity index (χ4v) is 4.52. The molecule has 1 aromatic rings. The van der Waals surface area contributed by atoms with Crippen molar-refractivity contribution in [3.8, 4) is 0 Å². The van der Waals surface area contributed by atoms with Gasteiger partial charge in [0.25, 0.3) is 0 Å². The van der Waals surface area contributed by atoms with Gasteiger partial charge in [-0.3, -0.25) is 0 Å². The summed E-state index contributed by atoms with van der Waals surface area (Å²) in [5.41, 5.74) is 0.638. The van der Waals surface area contributed by atoms with Gasteiger partial charge in [0.1, 0.15) is 15.7 Å². The van der Waals surface area contributed by atoms with Crippen molar-refractivity contribution < 1.29 is 12.8 Å². The van der Waals surface area contributed by atoms with Gasteiger partial charge in [0.2, 0.25) is 0 Å². The van der Waals surface area contributed by atoms with Crippen molar-refractivity contribution in [2.75, 3.05) is 18.1 Å². The average molecular weight is 364 g/mol. The van der Waals surface area contributed by atoms with E-state index in [1.807, 2.05) is 6.07 Å². The maximum absolute atomic E-state index is 13.6. The van der Waals surface area contributed by atoms with Gasteiger partial charge in [-0.1, -0.05) is 22.0 Å². The Morgan fingerprint density at radius 2 is 2.00 bits per heavy atom. The maximum atomic E-state index is 13.6. The van der Waals surface area contributed by atoms with Crippen LogP contribution < -0.4 is 5.32 Å². The monoisotopic (exact) mass is 363 g/mol. The SMILES string of the molecule is O=S1(=O)CCC(CCNCc2c(F)cccc2Br)CC1. The third-order valence-electron chi connectivity index (χ3n) is 3.77. The predicted molar refractivity (Wildman–Crippen MR) is 81.8 cm³/mol. The molecule has 1 aliphatic rings. The number of hydrogen-bond donors (Lipinski definition) is 1. The Bertz CT molecular complexity index is 528. The lowest BCUT2D eigenvalue weighted by Gasteiger charge is -2.21. The number of halogens is 2. The lowest BCUT2D eigenvalue weighted by molar-refractivity contribution is 0.421. The van der Waals surface area contributed by atoms with Crippen LogP contribution in [0.2, 0.25) is 0 Å². The van der Waals surface area contributed by atoms with Crippen LogP contribution in [-0.4, -0.2) is 26.5 Å². The Morgan fingerprint density at radius 3 is 2.65 bits per heavy atom. The molecule has 0 saturated carbocycles. The molecule has 0 unspecified atom stereocenters. The van der Waals surface area contributed by atoms with Crippen molar-refractivity contribution in [2.24, 2.45) is 5.92 Å². The van der Waals surface area contributed by atoms with Crippen LogP contribution >= 0.6 is 15.9 Å². The van der Waals surface area contributed by atoms with E-state index >= 15 is 0 Å². The topological polar surface area (TPSA) is 46.2 Å². The standard InChI is InChI=1S/C14H19BrFNO2S/c15-13-2-1-3-14(16)12(13)10-17-7-4-11-5-8-20(18,19)9-6-11/h1-3,11,17H,4-10H2. The molecule has 0 amide bonds. The lowest BCUT2D eigenvalue weighted by Crippen LogP contribution is -2.26. The summed E-state index contributed by atoms with van der Waals surface area (Å²) in [7, 11) is -2.78. The molecule has 1 aliphatic heterocycles. The molecule has 0 spiro atoms. The van der Waals surface area contributed by atoms with Gasteiger partial charge in [-0.05, 0) is 43.9 Å². The molecule has 1 N–H and O–H groups in total. The summed E-state index contributed by atoms with van der Waals surface area (Å²) in [6.07, 6.45) is 2.46. The molecule has 1 heterocycles. The van der Waals surface area contributed by atoms with Crippen LogP contribution in [0.15, 0.2) is 22.7 Å². The number of rotatable bonds is 5. The molecular formula is C14H19BrFNO2S. The van der Waals surface area contributed by atoms with Crippen molar-refractivity contribution in [1.82, 2.24) is 5.32 Å². The van der Waals surface area contributed by atoms with Gasteiger partial charge in [-0.15, -0.1) is 0 Å². The highest BCUT2D eigenvalue weighted by Crippen LogP contribution is 2.22. The molecule has 6 heteroatoms. The second-order valence-corrected chi connectivity index (χ2v) is 8.42. The van der Waals surface area contributed by atoms with Crippen LogP contribution in [0.1, 0.15) is 24.8 Å². The Balaban J connectivity index is 1.72. The molecule has 0 aromatic heterocycles. The van der Waals surface area contributed by atoms with Gasteiger partial charge >= 0.3 is 0 Å². The van der Waals surface area contributed by atoms with Gasteiger partial charge in [-0.2, -0.15) is 0 Å². The molecule has 0 aliphatic carbocycles. The normalized spacial score (nSPS) is 19.1. The summed E-state index contributed by atoms with van der Waals surface area (Å²) in [4.78, 5) is 0. The van der Waals surface area contributed by atoms with Crippen LogP contribution in [0, 0.1) is 11.7 Å². The zero-order chi connectivity index (χ0) is 14.6. The highest BCUT2D eigenvalue weighted by molar-refractivity contribution is 9.10. The molecule has 1 saturated heterocycles. The van der Waals surface area contributed by atoms with Crippen molar-refractivity contribution in [3.63, 3.8) is 0 Å². The minimum absolute atomic E-state index is 0.212. The van der Waals surface area contributed by atoms with Gasteiger partial charge in [0, 0.05) is 16.6 Å². The Kier molecular flexibility index (Phi) is 5.57. The first-order chi connectivity index (χ1) is 9.48. The number of nitrogens with one attached hydrogen (secondary N) is 1.